The number of nitrogens with one attached hydrogen (secondary N) is 1. The van der Waals surface area contributed by atoms with E-state index >= 15 is 0 Å². The van der Waals surface area contributed by atoms with Gasteiger partial charge >= 0.3 is 43.7 Å². The molecule has 0 radical (unpaired) electrons. The van der Waals surface area contributed by atoms with Crippen LogP contribution >= 0.6 is 7.29 Å². The molecule has 0 aliphatic carbocycles. The van der Waals surface area contributed by atoms with E-state index in [1.807, 2.05) is 60.7 Å². The number of carboxylic acid groups (broad SMARTS) is 1. The Kier molecular flexibility index (Phi) is 10.8. The summed E-state index contributed by atoms with van der Waals surface area (Å²) >= 11 is 0. The number of benzene rings is 2. The number of amides is 2. The van der Waals surface area contributed by atoms with E-state index in [2.05, 4.69) is 5.09 Å². The van der Waals surface area contributed by atoms with Crippen LogP contribution in [-0.4, -0.2) is 102 Å². The van der Waals surface area contributed by atoms with Gasteiger partial charge in [-0.3, -0.25) is 14.7 Å². The molecule has 2 amide bonds. The van der Waals surface area contributed by atoms with Gasteiger partial charge in [-0.2, -0.15) is 0 Å². The van der Waals surface area contributed by atoms with Gasteiger partial charge in [-0.15, -0.1) is 0 Å². The molecule has 2 saturated heterocycles. The molecule has 2 aromatic rings. The molecule has 37 heavy (non-hydrogen) atoms. The summed E-state index contributed by atoms with van der Waals surface area (Å²) in [6.07, 6.45) is 2.86. The first-order chi connectivity index (χ1) is 17.3. The van der Waals surface area contributed by atoms with Gasteiger partial charge in [0.25, 0.3) is 0 Å². The summed E-state index contributed by atoms with van der Waals surface area (Å²) in [4.78, 5) is 41.3. The molecule has 10 heteroatoms. The van der Waals surface area contributed by atoms with Crippen LogP contribution in [0.4, 0.5) is 0 Å². The first-order valence-electron chi connectivity index (χ1n) is 12.5. The van der Waals surface area contributed by atoms with Gasteiger partial charge in [-0.1, -0.05) is 60.7 Å². The molecule has 0 unspecified atom stereocenters. The molecule has 196 valence electrons. The Labute approximate surface area is 248 Å². The van der Waals surface area contributed by atoms with E-state index < -0.39 is 31.4 Å². The number of carbonyl (C=O) groups is 3. The second kappa shape index (κ2) is 13.4. The third kappa shape index (κ3) is 7.45. The monoisotopic (exact) mass is 553 g/mol. The third-order valence-electron chi connectivity index (χ3n) is 7.00. The van der Waals surface area contributed by atoms with E-state index in [-0.39, 0.29) is 49.6 Å². The van der Waals surface area contributed by atoms with Crippen molar-refractivity contribution in [2.45, 2.75) is 63.1 Å². The molecular formula is C27H36CaN3O5P. The molecule has 2 fully saturated rings. The molecule has 2 aliphatic heterocycles. The number of rotatable bonds is 9. The molecular weight excluding hydrogens is 517 g/mol. The Morgan fingerprint density at radius 1 is 0.892 bits per heavy atom. The van der Waals surface area contributed by atoms with Crippen LogP contribution < -0.4 is 5.09 Å². The molecule has 2 aromatic carbocycles. The molecule has 0 spiro atoms. The predicted octanol–water partition coefficient (Wildman–Crippen LogP) is 2.79. The Bertz CT molecular complexity index is 1090. The van der Waals surface area contributed by atoms with Crippen LogP contribution in [-0.2, 0) is 31.3 Å². The fourth-order valence-corrected chi connectivity index (χ4v) is 8.04. The van der Waals surface area contributed by atoms with E-state index in [1.54, 1.807) is 11.8 Å². The molecule has 8 nitrogen and oxygen atoms in total. The molecule has 4 rings (SSSR count). The predicted molar refractivity (Wildman–Crippen MR) is 146 cm³/mol. The summed E-state index contributed by atoms with van der Waals surface area (Å²) in [5, 5.41) is 12.7. The minimum atomic E-state index is -3.07. The van der Waals surface area contributed by atoms with Gasteiger partial charge in [0, 0.05) is 25.4 Å². The van der Waals surface area contributed by atoms with Gasteiger partial charge in [0.05, 0.1) is 6.04 Å². The van der Waals surface area contributed by atoms with Crippen molar-refractivity contribution in [3.05, 3.63) is 71.8 Å². The second-order valence-corrected chi connectivity index (χ2v) is 12.4. The minimum absolute atomic E-state index is 0. The Morgan fingerprint density at radius 3 is 1.89 bits per heavy atom. The van der Waals surface area contributed by atoms with Crippen LogP contribution in [0.25, 0.3) is 0 Å². The second-order valence-electron chi connectivity index (χ2n) is 9.75. The van der Waals surface area contributed by atoms with E-state index in [0.717, 1.165) is 11.1 Å². The van der Waals surface area contributed by atoms with E-state index in [9.17, 15) is 24.1 Å². The molecule has 0 aromatic heterocycles. The van der Waals surface area contributed by atoms with E-state index in [4.69, 9.17) is 0 Å². The van der Waals surface area contributed by atoms with Crippen LogP contribution in [0.15, 0.2) is 60.7 Å². The number of carboxylic acids is 1. The summed E-state index contributed by atoms with van der Waals surface area (Å²) in [6.45, 7) is 2.51. The SMILES string of the molecule is C[C@H](NP(=O)(Cc1ccccc1)Cc1ccccc1)C(=O)N1CCC[C@H]1C(=O)N1CCC[C@H]1C(=O)O.[CaH2]. The zero-order valence-corrected chi connectivity index (χ0v) is 21.5. The summed E-state index contributed by atoms with van der Waals surface area (Å²) in [6, 6.07) is 16.9. The van der Waals surface area contributed by atoms with Gasteiger partial charge in [-0.25, -0.2) is 4.79 Å². The summed E-state index contributed by atoms with van der Waals surface area (Å²) in [7, 11) is -3.07. The van der Waals surface area contributed by atoms with Crippen LogP contribution in [0, 0.1) is 0 Å². The number of hydrogen-bond acceptors (Lipinski definition) is 4. The third-order valence-corrected chi connectivity index (χ3v) is 9.61. The van der Waals surface area contributed by atoms with Crippen molar-refractivity contribution in [3.63, 3.8) is 0 Å². The van der Waals surface area contributed by atoms with E-state index in [1.165, 1.54) is 4.90 Å². The fourth-order valence-electron chi connectivity index (χ4n) is 5.33. The first-order valence-corrected chi connectivity index (χ1v) is 14.6. The van der Waals surface area contributed by atoms with Crippen molar-refractivity contribution in [1.29, 1.82) is 0 Å². The summed E-state index contributed by atoms with van der Waals surface area (Å²) in [5.74, 6) is -1.58. The number of carbonyl (C=O) groups excluding carboxylic acids is 2. The quantitative estimate of drug-likeness (QED) is 0.365. The number of nitrogens with zero attached hydrogens (tertiary/aromatic N) is 2. The van der Waals surface area contributed by atoms with Crippen LogP contribution in [0.1, 0.15) is 43.7 Å². The number of aliphatic carboxylic acids is 1. The number of hydrogen-bond donors (Lipinski definition) is 2. The standard InChI is InChI=1S/C27H34N3O5P.Ca.2H/c1-20(25(31)29-16-8-14-23(29)26(32)30-17-9-15-24(30)27(33)34)28-36(35,18-21-10-4-2-5-11-21)19-22-12-6-3-7-13-22;;;/h2-7,10-13,20,23-24H,8-9,14-19H2,1H3,(H,28,35)(H,33,34);;;/t20-,23-,24-;;;/m0.../s1. The Hall–Kier alpha value is -1.70. The Balaban J connectivity index is 0.00000380. The molecule has 0 bridgehead atoms. The van der Waals surface area contributed by atoms with Crippen LogP contribution in [0.2, 0.25) is 0 Å². The fraction of sp³-hybridized carbons (Fsp3) is 0.444. The Morgan fingerprint density at radius 2 is 1.38 bits per heavy atom. The zero-order chi connectivity index (χ0) is 25.7. The van der Waals surface area contributed by atoms with Crippen molar-refractivity contribution in [2.24, 2.45) is 0 Å². The maximum absolute atomic E-state index is 14.2. The van der Waals surface area contributed by atoms with Gasteiger partial charge < -0.3 is 19.5 Å². The van der Waals surface area contributed by atoms with E-state index in [0.29, 0.717) is 51.1 Å². The van der Waals surface area contributed by atoms with Gasteiger partial charge in [-0.05, 0) is 43.7 Å². The van der Waals surface area contributed by atoms with Crippen molar-refractivity contribution in [1.82, 2.24) is 14.9 Å². The molecule has 0 saturated carbocycles. The van der Waals surface area contributed by atoms with Crippen molar-refractivity contribution in [3.8, 4) is 0 Å². The topological polar surface area (TPSA) is 107 Å². The molecule has 2 heterocycles. The van der Waals surface area contributed by atoms with Gasteiger partial charge in [0.1, 0.15) is 12.1 Å². The zero-order valence-electron chi connectivity index (χ0n) is 20.6. The van der Waals surface area contributed by atoms with Gasteiger partial charge in [0.2, 0.25) is 11.8 Å². The summed E-state index contributed by atoms with van der Waals surface area (Å²) in [5.41, 5.74) is 1.85. The maximum atomic E-state index is 14.2. The van der Waals surface area contributed by atoms with Crippen molar-refractivity contribution < 1.29 is 24.1 Å². The van der Waals surface area contributed by atoms with Crippen molar-refractivity contribution >= 4 is 62.8 Å². The number of likely N-dealkylation sites (tertiary alicyclic amines) is 2. The molecule has 2 N–H and O–H groups in total. The average molecular weight is 554 g/mol. The van der Waals surface area contributed by atoms with Crippen LogP contribution in [0.5, 0.6) is 0 Å². The molecule has 3 atom stereocenters. The molecule has 2 aliphatic rings. The normalized spacial score (nSPS) is 20.4. The van der Waals surface area contributed by atoms with Crippen molar-refractivity contribution in [2.75, 3.05) is 13.1 Å². The van der Waals surface area contributed by atoms with Gasteiger partial charge in [0.15, 0.2) is 7.29 Å². The first kappa shape index (κ1) is 29.8. The summed E-state index contributed by atoms with van der Waals surface area (Å²) < 4.78 is 14.2. The average Bonchev–Trinajstić information content (AvgIpc) is 3.54. The van der Waals surface area contributed by atoms with Crippen LogP contribution in [0.3, 0.4) is 0 Å².